The highest BCUT2D eigenvalue weighted by molar-refractivity contribution is 7.89. The molecule has 0 saturated heterocycles. The molecular formula is C28H38N4O4S2. The Labute approximate surface area is 229 Å². The van der Waals surface area contributed by atoms with E-state index in [-0.39, 0.29) is 41.4 Å². The Morgan fingerprint density at radius 2 is 1.71 bits per heavy atom. The molecule has 0 aliphatic rings. The van der Waals surface area contributed by atoms with Crippen molar-refractivity contribution in [2.45, 2.75) is 57.4 Å². The summed E-state index contributed by atoms with van der Waals surface area (Å²) in [7, 11) is -3.75. The Bertz CT molecular complexity index is 1300. The number of nitrogens with two attached hydrogens (primary N) is 1. The zero-order chi connectivity index (χ0) is 27.7. The van der Waals surface area contributed by atoms with Crippen LogP contribution in [-0.4, -0.2) is 50.2 Å². The lowest BCUT2D eigenvalue weighted by atomic mass is 10.0. The van der Waals surface area contributed by atoms with E-state index in [1.54, 1.807) is 18.2 Å². The topological polar surface area (TPSA) is 122 Å². The lowest BCUT2D eigenvalue weighted by molar-refractivity contribution is -0.123. The highest BCUT2D eigenvalue weighted by atomic mass is 32.2. The number of sulfonamides is 1. The molecule has 3 aromatic rings. The molecule has 3 rings (SSSR count). The Morgan fingerprint density at radius 3 is 2.39 bits per heavy atom. The van der Waals surface area contributed by atoms with E-state index in [2.05, 4.69) is 10.6 Å². The molecular weight excluding hydrogens is 520 g/mol. The number of unbranched alkanes of at least 4 members (excludes halogenated alkanes) is 1. The molecule has 1 heterocycles. The minimum Gasteiger partial charge on any atom is -0.398 e. The molecule has 1 atom stereocenters. The van der Waals surface area contributed by atoms with Crippen LogP contribution in [0.1, 0.15) is 56.1 Å². The third-order valence-electron chi connectivity index (χ3n) is 6.16. The van der Waals surface area contributed by atoms with Gasteiger partial charge in [-0.15, -0.1) is 11.3 Å². The van der Waals surface area contributed by atoms with E-state index in [0.29, 0.717) is 24.3 Å². The maximum absolute atomic E-state index is 13.2. The van der Waals surface area contributed by atoms with Crippen molar-refractivity contribution in [3.63, 3.8) is 0 Å². The van der Waals surface area contributed by atoms with Crippen molar-refractivity contribution >= 4 is 48.9 Å². The summed E-state index contributed by atoms with van der Waals surface area (Å²) < 4.78 is 28.9. The fourth-order valence-corrected chi connectivity index (χ4v) is 6.76. The number of rotatable bonds is 14. The average molecular weight is 559 g/mol. The van der Waals surface area contributed by atoms with E-state index in [0.717, 1.165) is 22.9 Å². The molecule has 0 aliphatic heterocycles. The van der Waals surface area contributed by atoms with Gasteiger partial charge in [0, 0.05) is 24.3 Å². The Balaban J connectivity index is 1.60. The lowest BCUT2D eigenvalue weighted by Crippen LogP contribution is -2.47. The van der Waals surface area contributed by atoms with Gasteiger partial charge in [-0.1, -0.05) is 57.5 Å². The van der Waals surface area contributed by atoms with E-state index in [1.807, 2.05) is 51.1 Å². The van der Waals surface area contributed by atoms with E-state index >= 15 is 0 Å². The van der Waals surface area contributed by atoms with Crippen LogP contribution in [0.4, 0.5) is 5.69 Å². The molecule has 206 valence electrons. The molecule has 10 heteroatoms. The largest absolute Gasteiger partial charge is 0.398 e. The number of nitrogens with one attached hydrogen (secondary N) is 2. The summed E-state index contributed by atoms with van der Waals surface area (Å²) in [5, 5.41) is 6.78. The second-order valence-corrected chi connectivity index (χ2v) is 12.7. The van der Waals surface area contributed by atoms with Gasteiger partial charge in [-0.2, -0.15) is 4.31 Å². The van der Waals surface area contributed by atoms with Gasteiger partial charge in [0.1, 0.15) is 10.9 Å². The zero-order valence-corrected chi connectivity index (χ0v) is 23.9. The number of carbonyl (C=O) groups excluding carboxylic acids is 2. The van der Waals surface area contributed by atoms with Crippen molar-refractivity contribution in [2.75, 3.05) is 25.4 Å². The van der Waals surface area contributed by atoms with Gasteiger partial charge in [-0.05, 0) is 54.8 Å². The minimum atomic E-state index is -3.75. The number of thiophene rings is 1. The fraction of sp³-hybridized carbons (Fsp3) is 0.429. The van der Waals surface area contributed by atoms with Gasteiger partial charge in [0.25, 0.3) is 5.91 Å². The first-order chi connectivity index (χ1) is 18.1. The number of para-hydroxylation sites is 1. The number of hydrogen-bond donors (Lipinski definition) is 3. The summed E-state index contributed by atoms with van der Waals surface area (Å²) in [6, 6.07) is 15.4. The van der Waals surface area contributed by atoms with E-state index in [4.69, 9.17) is 5.73 Å². The van der Waals surface area contributed by atoms with Gasteiger partial charge in [-0.3, -0.25) is 9.59 Å². The van der Waals surface area contributed by atoms with E-state index in [9.17, 15) is 18.0 Å². The first kappa shape index (κ1) is 29.6. The quantitative estimate of drug-likeness (QED) is 0.197. The van der Waals surface area contributed by atoms with Gasteiger partial charge >= 0.3 is 0 Å². The average Bonchev–Trinajstić information content (AvgIpc) is 3.32. The molecule has 0 spiro atoms. The standard InChI is InChI=1S/C28H38N4O4S2/c1-4-5-16-32(38(35,36)26-14-9-7-12-22(26)29)17-10-15-30-27(33)23(18-20(2)3)31-28(34)25-19-21-11-6-8-13-24(21)37-25/h6-9,11-14,19-20,23H,4-5,10,15-18,29H2,1-3H3,(H,30,33)(H,31,34)/t23-/m0/s1. The fourth-order valence-electron chi connectivity index (χ4n) is 4.16. The van der Waals surface area contributed by atoms with Crippen molar-refractivity contribution in [1.29, 1.82) is 0 Å². The molecule has 4 N–H and O–H groups in total. The van der Waals surface area contributed by atoms with Crippen LogP contribution < -0.4 is 16.4 Å². The molecule has 2 amide bonds. The first-order valence-corrected chi connectivity index (χ1v) is 15.3. The van der Waals surface area contributed by atoms with Gasteiger partial charge in [0.05, 0.1) is 10.6 Å². The SMILES string of the molecule is CCCCN(CCCNC(=O)[C@H](CC(C)C)NC(=O)c1cc2ccccc2s1)S(=O)(=O)c1ccccc1N. The lowest BCUT2D eigenvalue weighted by Gasteiger charge is -2.23. The first-order valence-electron chi connectivity index (χ1n) is 13.0. The second-order valence-electron chi connectivity index (χ2n) is 9.74. The number of benzene rings is 2. The molecule has 0 bridgehead atoms. The highest BCUT2D eigenvalue weighted by Gasteiger charge is 2.26. The van der Waals surface area contributed by atoms with Crippen LogP contribution in [0.3, 0.4) is 0 Å². The monoisotopic (exact) mass is 558 g/mol. The van der Waals surface area contributed by atoms with Crippen molar-refractivity contribution < 1.29 is 18.0 Å². The third-order valence-corrected chi connectivity index (χ3v) is 9.25. The zero-order valence-electron chi connectivity index (χ0n) is 22.3. The van der Waals surface area contributed by atoms with Crippen LogP contribution in [0.15, 0.2) is 59.5 Å². The smallest absolute Gasteiger partial charge is 0.262 e. The summed E-state index contributed by atoms with van der Waals surface area (Å²) in [6.07, 6.45) is 2.49. The van der Waals surface area contributed by atoms with Gasteiger partial charge in [-0.25, -0.2) is 8.42 Å². The molecule has 0 radical (unpaired) electrons. The van der Waals surface area contributed by atoms with Crippen LogP contribution in [0.5, 0.6) is 0 Å². The Morgan fingerprint density at radius 1 is 1.03 bits per heavy atom. The Hall–Kier alpha value is -2.95. The predicted octanol–water partition coefficient (Wildman–Crippen LogP) is 4.63. The predicted molar refractivity (Wildman–Crippen MR) is 155 cm³/mol. The van der Waals surface area contributed by atoms with Gasteiger partial charge in [0.15, 0.2) is 0 Å². The van der Waals surface area contributed by atoms with Gasteiger partial charge in [0.2, 0.25) is 15.9 Å². The van der Waals surface area contributed by atoms with Crippen LogP contribution in [0.25, 0.3) is 10.1 Å². The molecule has 0 fully saturated rings. The number of nitrogen functional groups attached to an aromatic ring is 1. The van der Waals surface area contributed by atoms with Crippen molar-refractivity contribution in [3.05, 3.63) is 59.5 Å². The van der Waals surface area contributed by atoms with Crippen LogP contribution >= 0.6 is 11.3 Å². The van der Waals surface area contributed by atoms with Crippen LogP contribution in [-0.2, 0) is 14.8 Å². The molecule has 38 heavy (non-hydrogen) atoms. The summed E-state index contributed by atoms with van der Waals surface area (Å²) in [5.74, 6) is -0.354. The minimum absolute atomic E-state index is 0.0982. The normalized spacial score (nSPS) is 12.7. The molecule has 8 nitrogen and oxygen atoms in total. The van der Waals surface area contributed by atoms with Crippen molar-refractivity contribution in [3.8, 4) is 0 Å². The number of hydrogen-bond acceptors (Lipinski definition) is 6. The number of amides is 2. The summed E-state index contributed by atoms with van der Waals surface area (Å²) in [4.78, 5) is 26.6. The molecule has 0 saturated carbocycles. The highest BCUT2D eigenvalue weighted by Crippen LogP contribution is 2.25. The van der Waals surface area contributed by atoms with Crippen molar-refractivity contribution in [2.24, 2.45) is 5.92 Å². The molecule has 0 aliphatic carbocycles. The number of fused-ring (bicyclic) bond motifs is 1. The van der Waals surface area contributed by atoms with E-state index in [1.165, 1.54) is 21.7 Å². The summed E-state index contributed by atoms with van der Waals surface area (Å²) in [6.45, 7) is 6.91. The number of carbonyl (C=O) groups is 2. The molecule has 1 aromatic heterocycles. The number of anilines is 1. The summed E-state index contributed by atoms with van der Waals surface area (Å²) >= 11 is 1.40. The third kappa shape index (κ3) is 7.78. The van der Waals surface area contributed by atoms with Crippen LogP contribution in [0, 0.1) is 5.92 Å². The molecule has 0 unspecified atom stereocenters. The van der Waals surface area contributed by atoms with Crippen molar-refractivity contribution in [1.82, 2.24) is 14.9 Å². The maximum Gasteiger partial charge on any atom is 0.262 e. The van der Waals surface area contributed by atoms with E-state index < -0.39 is 16.1 Å². The van der Waals surface area contributed by atoms with Crippen LogP contribution in [0.2, 0.25) is 0 Å². The number of nitrogens with zero attached hydrogens (tertiary/aromatic N) is 1. The summed E-state index contributed by atoms with van der Waals surface area (Å²) in [5.41, 5.74) is 6.16. The molecule has 2 aromatic carbocycles. The maximum atomic E-state index is 13.2. The Kier molecular flexibility index (Phi) is 10.7. The van der Waals surface area contributed by atoms with Gasteiger partial charge < -0.3 is 16.4 Å². The second kappa shape index (κ2) is 13.7.